The Bertz CT molecular complexity index is 581. The highest BCUT2D eigenvalue weighted by Crippen LogP contribution is 2.09. The van der Waals surface area contributed by atoms with Gasteiger partial charge in [-0.2, -0.15) is 0 Å². The predicted octanol–water partition coefficient (Wildman–Crippen LogP) is 2.13. The molecule has 0 aliphatic carbocycles. The lowest BCUT2D eigenvalue weighted by Crippen LogP contribution is -2.36. The number of benzene rings is 1. The van der Waals surface area contributed by atoms with E-state index in [1.54, 1.807) is 30.3 Å². The van der Waals surface area contributed by atoms with Crippen LogP contribution in [0.15, 0.2) is 55.2 Å². The molecule has 1 amide bonds. The minimum atomic E-state index is -0.371. The molecule has 2 rings (SSSR count). The highest BCUT2D eigenvalue weighted by Gasteiger charge is 2.06. The van der Waals surface area contributed by atoms with Crippen molar-refractivity contribution in [1.29, 1.82) is 0 Å². The number of hydrogen-bond donors (Lipinski definition) is 2. The zero-order chi connectivity index (χ0) is 13.7. The Kier molecular flexibility index (Phi) is 3.87. The van der Waals surface area contributed by atoms with Gasteiger partial charge in [-0.15, -0.1) is 0 Å². The van der Waals surface area contributed by atoms with E-state index in [1.807, 2.05) is 0 Å². The van der Waals surface area contributed by atoms with Crippen LogP contribution in [0.3, 0.4) is 0 Å². The van der Waals surface area contributed by atoms with Crippen LogP contribution >= 0.6 is 0 Å². The van der Waals surface area contributed by atoms with Crippen molar-refractivity contribution in [2.45, 2.75) is 0 Å². The quantitative estimate of drug-likeness (QED) is 0.825. The molecule has 0 radical (unpaired) electrons. The first-order valence-electron chi connectivity index (χ1n) is 5.59. The SMILES string of the molecule is C=C(NNC(=O)c1ccccn1)c1ccc(F)cc1. The van der Waals surface area contributed by atoms with Gasteiger partial charge in [-0.3, -0.25) is 20.6 Å². The second-order valence-corrected chi connectivity index (χ2v) is 3.78. The Morgan fingerprint density at radius 1 is 1.11 bits per heavy atom. The highest BCUT2D eigenvalue weighted by atomic mass is 19.1. The molecule has 0 spiro atoms. The average molecular weight is 257 g/mol. The number of aromatic nitrogens is 1. The van der Waals surface area contributed by atoms with Gasteiger partial charge >= 0.3 is 0 Å². The molecule has 1 aromatic carbocycles. The summed E-state index contributed by atoms with van der Waals surface area (Å²) in [5.74, 6) is -0.696. The summed E-state index contributed by atoms with van der Waals surface area (Å²) < 4.78 is 12.8. The van der Waals surface area contributed by atoms with Crippen LogP contribution in [0.2, 0.25) is 0 Å². The zero-order valence-corrected chi connectivity index (χ0v) is 10.1. The molecule has 5 heteroatoms. The van der Waals surface area contributed by atoms with Gasteiger partial charge in [0.1, 0.15) is 11.5 Å². The van der Waals surface area contributed by atoms with Crippen molar-refractivity contribution in [2.24, 2.45) is 0 Å². The fraction of sp³-hybridized carbons (Fsp3) is 0. The molecule has 0 unspecified atom stereocenters. The van der Waals surface area contributed by atoms with E-state index in [9.17, 15) is 9.18 Å². The number of nitrogens with zero attached hydrogens (tertiary/aromatic N) is 1. The summed E-state index contributed by atoms with van der Waals surface area (Å²) in [5.41, 5.74) is 6.57. The molecule has 96 valence electrons. The fourth-order valence-electron chi connectivity index (χ4n) is 1.42. The highest BCUT2D eigenvalue weighted by molar-refractivity contribution is 5.92. The summed E-state index contributed by atoms with van der Waals surface area (Å²) in [5, 5.41) is 0. The van der Waals surface area contributed by atoms with Crippen molar-refractivity contribution in [3.8, 4) is 0 Å². The number of rotatable bonds is 4. The zero-order valence-electron chi connectivity index (χ0n) is 10.1. The molecule has 1 heterocycles. The topological polar surface area (TPSA) is 54.0 Å². The Morgan fingerprint density at radius 3 is 2.47 bits per heavy atom. The summed E-state index contributed by atoms with van der Waals surface area (Å²) in [6.45, 7) is 3.75. The molecule has 0 aliphatic heterocycles. The number of hydrogen-bond acceptors (Lipinski definition) is 3. The van der Waals surface area contributed by atoms with E-state index < -0.39 is 0 Å². The smallest absolute Gasteiger partial charge is 0.288 e. The average Bonchev–Trinajstić information content (AvgIpc) is 2.46. The van der Waals surface area contributed by atoms with E-state index in [0.29, 0.717) is 17.0 Å². The van der Waals surface area contributed by atoms with Crippen LogP contribution in [0.4, 0.5) is 4.39 Å². The summed E-state index contributed by atoms with van der Waals surface area (Å²) in [6, 6.07) is 10.8. The van der Waals surface area contributed by atoms with Gasteiger partial charge in [-0.25, -0.2) is 4.39 Å². The third-order valence-corrected chi connectivity index (χ3v) is 2.42. The number of hydrazine groups is 1. The molecule has 1 aromatic heterocycles. The van der Waals surface area contributed by atoms with Crippen LogP contribution in [0.5, 0.6) is 0 Å². The Hall–Kier alpha value is -2.69. The number of amides is 1. The molecular weight excluding hydrogens is 245 g/mol. The number of carbonyl (C=O) groups excluding carboxylic acids is 1. The van der Waals surface area contributed by atoms with Crippen LogP contribution in [0.1, 0.15) is 16.1 Å². The Balaban J connectivity index is 1.94. The summed E-state index contributed by atoms with van der Waals surface area (Å²) >= 11 is 0. The Morgan fingerprint density at radius 2 is 1.84 bits per heavy atom. The molecule has 2 aromatic rings. The molecule has 0 atom stereocenters. The van der Waals surface area contributed by atoms with Gasteiger partial charge in [0.2, 0.25) is 0 Å². The third kappa shape index (κ3) is 3.38. The van der Waals surface area contributed by atoms with Gasteiger partial charge in [-0.1, -0.05) is 12.6 Å². The standard InChI is InChI=1S/C14H12FN3O/c1-10(11-5-7-12(15)8-6-11)17-18-14(19)13-4-2-3-9-16-13/h2-9,17H,1H2,(H,18,19). The normalized spacial score (nSPS) is 9.74. The monoisotopic (exact) mass is 257 g/mol. The van der Waals surface area contributed by atoms with E-state index in [2.05, 4.69) is 22.4 Å². The lowest BCUT2D eigenvalue weighted by Gasteiger charge is -2.10. The predicted molar refractivity (Wildman–Crippen MR) is 70.3 cm³/mol. The van der Waals surface area contributed by atoms with Gasteiger partial charge in [0.25, 0.3) is 5.91 Å². The number of halogens is 1. The van der Waals surface area contributed by atoms with Crippen molar-refractivity contribution < 1.29 is 9.18 Å². The van der Waals surface area contributed by atoms with Crippen LogP contribution in [-0.4, -0.2) is 10.9 Å². The largest absolute Gasteiger partial charge is 0.298 e. The second kappa shape index (κ2) is 5.77. The number of nitrogens with one attached hydrogen (secondary N) is 2. The lowest BCUT2D eigenvalue weighted by atomic mass is 10.2. The summed E-state index contributed by atoms with van der Waals surface area (Å²) in [6.07, 6.45) is 1.53. The molecule has 0 bridgehead atoms. The number of carbonyl (C=O) groups is 1. The van der Waals surface area contributed by atoms with Gasteiger partial charge in [0.05, 0.1) is 5.70 Å². The molecule has 0 saturated carbocycles. The van der Waals surface area contributed by atoms with Gasteiger partial charge in [0, 0.05) is 6.20 Å². The Labute approximate surface area is 110 Å². The molecular formula is C14H12FN3O. The first-order valence-corrected chi connectivity index (χ1v) is 5.59. The molecule has 0 fully saturated rings. The molecule has 4 nitrogen and oxygen atoms in total. The third-order valence-electron chi connectivity index (χ3n) is 2.42. The van der Waals surface area contributed by atoms with Gasteiger partial charge in [0.15, 0.2) is 0 Å². The van der Waals surface area contributed by atoms with E-state index in [4.69, 9.17) is 0 Å². The molecule has 0 saturated heterocycles. The minimum Gasteiger partial charge on any atom is -0.298 e. The summed E-state index contributed by atoms with van der Waals surface area (Å²) in [7, 11) is 0. The van der Waals surface area contributed by atoms with Gasteiger partial charge < -0.3 is 0 Å². The maximum atomic E-state index is 12.8. The van der Waals surface area contributed by atoms with Crippen molar-refractivity contribution in [2.75, 3.05) is 0 Å². The van der Waals surface area contributed by atoms with Crippen molar-refractivity contribution >= 4 is 11.6 Å². The van der Waals surface area contributed by atoms with Gasteiger partial charge in [-0.05, 0) is 42.0 Å². The van der Waals surface area contributed by atoms with Crippen LogP contribution in [0, 0.1) is 5.82 Å². The lowest BCUT2D eigenvalue weighted by molar-refractivity contribution is 0.0937. The van der Waals surface area contributed by atoms with E-state index in [0.717, 1.165) is 0 Å². The minimum absolute atomic E-state index is 0.293. The van der Waals surface area contributed by atoms with Crippen LogP contribution < -0.4 is 10.9 Å². The van der Waals surface area contributed by atoms with Crippen LogP contribution in [0.25, 0.3) is 5.70 Å². The maximum absolute atomic E-state index is 12.8. The van der Waals surface area contributed by atoms with Crippen molar-refractivity contribution in [3.05, 3.63) is 72.3 Å². The van der Waals surface area contributed by atoms with Crippen molar-refractivity contribution in [3.63, 3.8) is 0 Å². The second-order valence-electron chi connectivity index (χ2n) is 3.78. The fourth-order valence-corrected chi connectivity index (χ4v) is 1.42. The first kappa shape index (κ1) is 12.8. The molecule has 19 heavy (non-hydrogen) atoms. The number of pyridine rings is 1. The maximum Gasteiger partial charge on any atom is 0.288 e. The van der Waals surface area contributed by atoms with E-state index in [-0.39, 0.29) is 11.7 Å². The first-order chi connectivity index (χ1) is 9.16. The summed E-state index contributed by atoms with van der Waals surface area (Å²) in [4.78, 5) is 15.6. The molecule has 2 N–H and O–H groups in total. The van der Waals surface area contributed by atoms with E-state index >= 15 is 0 Å². The van der Waals surface area contributed by atoms with E-state index in [1.165, 1.54) is 18.3 Å². The van der Waals surface area contributed by atoms with Crippen LogP contribution in [-0.2, 0) is 0 Å². The van der Waals surface area contributed by atoms with Crippen molar-refractivity contribution in [1.82, 2.24) is 15.8 Å². The molecule has 0 aliphatic rings.